The summed E-state index contributed by atoms with van der Waals surface area (Å²) in [7, 11) is 1.75. The molecule has 0 amide bonds. The van der Waals surface area contributed by atoms with E-state index >= 15 is 0 Å². The lowest BCUT2D eigenvalue weighted by Crippen LogP contribution is -2.49. The number of fused-ring (bicyclic) bond motifs is 7. The molecule has 5 aromatic rings. The molecule has 1 radical (unpaired) electrons. The molecule has 0 spiro atoms. The summed E-state index contributed by atoms with van der Waals surface area (Å²) in [6, 6.07) is 23.3. The molecule has 3 nitrogen and oxygen atoms in total. The highest BCUT2D eigenvalue weighted by Gasteiger charge is 2.36. The largest absolute Gasteiger partial charge is 0.455 e. The zero-order valence-corrected chi connectivity index (χ0v) is 18.7. The summed E-state index contributed by atoms with van der Waals surface area (Å²) in [5, 5.41) is 15.2. The van der Waals surface area contributed by atoms with Crippen molar-refractivity contribution in [2.45, 2.75) is 38.9 Å². The predicted molar refractivity (Wildman–Crippen MR) is 133 cm³/mol. The number of hydrogen-bond donors (Lipinski definition) is 1. The highest BCUT2D eigenvalue weighted by molar-refractivity contribution is 6.47. The van der Waals surface area contributed by atoms with Gasteiger partial charge in [-0.2, -0.15) is 0 Å². The fourth-order valence-corrected chi connectivity index (χ4v) is 4.55. The van der Waals surface area contributed by atoms with Crippen molar-refractivity contribution in [2.24, 2.45) is 0 Å². The van der Waals surface area contributed by atoms with E-state index in [1.54, 1.807) is 21.3 Å². The molecule has 1 N–H and O–H groups in total. The Morgan fingerprint density at radius 3 is 2.44 bits per heavy atom. The van der Waals surface area contributed by atoms with Crippen LogP contribution in [0.1, 0.15) is 27.7 Å². The van der Waals surface area contributed by atoms with E-state index < -0.39 is 11.2 Å². The maximum Gasteiger partial charge on any atom is 0.330 e. The van der Waals surface area contributed by atoms with Crippen molar-refractivity contribution >= 4 is 45.7 Å². The van der Waals surface area contributed by atoms with Gasteiger partial charge >= 0.3 is 7.48 Å². The first-order valence-corrected chi connectivity index (χ1v) is 11.0. The van der Waals surface area contributed by atoms with E-state index in [-0.39, 0.29) is 0 Å². The van der Waals surface area contributed by atoms with E-state index in [4.69, 9.17) is 9.07 Å². The Balaban J connectivity index is 1.52. The molecule has 6 rings (SSSR count). The van der Waals surface area contributed by atoms with Gasteiger partial charge in [0.05, 0.1) is 11.2 Å². The third-order valence-electron chi connectivity index (χ3n) is 7.07. The lowest BCUT2D eigenvalue weighted by molar-refractivity contribution is -0.0893. The molecule has 0 fully saturated rings. The Kier molecular flexibility index (Phi) is 3.96. The molecule has 4 aromatic carbocycles. The van der Waals surface area contributed by atoms with Gasteiger partial charge in [0.25, 0.3) is 0 Å². The number of benzene rings is 4. The first-order chi connectivity index (χ1) is 15.2. The van der Waals surface area contributed by atoms with Crippen molar-refractivity contribution in [1.29, 1.82) is 0 Å². The van der Waals surface area contributed by atoms with Crippen LogP contribution in [-0.4, -0.2) is 23.8 Å². The molecule has 0 unspecified atom stereocenters. The van der Waals surface area contributed by atoms with Gasteiger partial charge in [-0.15, -0.1) is 0 Å². The first kappa shape index (κ1) is 19.6. The maximum absolute atomic E-state index is 10.4. The quantitative estimate of drug-likeness (QED) is 0.346. The SMILES string of the molecule is CC(C)(O)C(C)(C)O[B]c1ccc2c(c1)-c1cccc3cc4c(oc5ccccc54)c-2c13. The van der Waals surface area contributed by atoms with Crippen LogP contribution >= 0.6 is 0 Å². The van der Waals surface area contributed by atoms with Gasteiger partial charge in [0, 0.05) is 21.7 Å². The fraction of sp³-hybridized carbons (Fsp3) is 0.214. The molecule has 1 aromatic heterocycles. The Morgan fingerprint density at radius 2 is 1.62 bits per heavy atom. The van der Waals surface area contributed by atoms with Crippen molar-refractivity contribution < 1.29 is 14.2 Å². The average Bonchev–Trinajstić information content (AvgIpc) is 3.29. The Morgan fingerprint density at radius 1 is 0.812 bits per heavy atom. The molecule has 0 aliphatic heterocycles. The molecule has 1 heterocycles. The van der Waals surface area contributed by atoms with Crippen LogP contribution in [0.2, 0.25) is 0 Å². The van der Waals surface area contributed by atoms with Gasteiger partial charge in [0.2, 0.25) is 0 Å². The van der Waals surface area contributed by atoms with Crippen molar-refractivity contribution in [3.63, 3.8) is 0 Å². The second kappa shape index (κ2) is 6.47. The zero-order valence-electron chi connectivity index (χ0n) is 18.7. The Labute approximate surface area is 187 Å². The lowest BCUT2D eigenvalue weighted by Gasteiger charge is -2.37. The van der Waals surface area contributed by atoms with Crippen LogP contribution in [0.5, 0.6) is 0 Å². The lowest BCUT2D eigenvalue weighted by atomic mass is 9.81. The van der Waals surface area contributed by atoms with Crippen molar-refractivity contribution in [3.8, 4) is 22.3 Å². The summed E-state index contributed by atoms with van der Waals surface area (Å²) in [6.45, 7) is 7.32. The standard InChI is InChI=1S/C28H24BO3/c1-27(2,30)28(3,4)32-29-17-12-13-20-21(15-17)19-10-7-8-16-14-22-18-9-5-6-11-23(18)31-26(22)25(20)24(16)19/h5-15,30H,1-4H3. The number of rotatable bonds is 4. The van der Waals surface area contributed by atoms with Gasteiger partial charge in [-0.3, -0.25) is 0 Å². The van der Waals surface area contributed by atoms with Crippen LogP contribution in [0.3, 0.4) is 0 Å². The van der Waals surface area contributed by atoms with E-state index in [1.807, 2.05) is 26.0 Å². The molecular formula is C28H24BO3. The van der Waals surface area contributed by atoms with Gasteiger partial charge in [-0.1, -0.05) is 60.1 Å². The summed E-state index contributed by atoms with van der Waals surface area (Å²) in [5.74, 6) is 0. The van der Waals surface area contributed by atoms with Crippen molar-refractivity contribution in [1.82, 2.24) is 0 Å². The van der Waals surface area contributed by atoms with E-state index in [9.17, 15) is 5.11 Å². The van der Waals surface area contributed by atoms with Gasteiger partial charge in [0.1, 0.15) is 11.2 Å². The van der Waals surface area contributed by atoms with Gasteiger partial charge in [-0.25, -0.2) is 0 Å². The van der Waals surface area contributed by atoms with Crippen LogP contribution in [0, 0.1) is 0 Å². The Hall–Kier alpha value is -3.08. The normalized spacial score (nSPS) is 13.3. The van der Waals surface area contributed by atoms with Gasteiger partial charge in [-0.05, 0) is 61.9 Å². The summed E-state index contributed by atoms with van der Waals surface area (Å²) in [6.07, 6.45) is 0. The predicted octanol–water partition coefficient (Wildman–Crippen LogP) is 6.20. The summed E-state index contributed by atoms with van der Waals surface area (Å²) in [4.78, 5) is 0. The average molecular weight is 419 g/mol. The minimum Gasteiger partial charge on any atom is -0.455 e. The number of para-hydroxylation sites is 1. The molecule has 1 aliphatic carbocycles. The molecule has 0 saturated heterocycles. The second-order valence-electron chi connectivity index (χ2n) is 9.74. The van der Waals surface area contributed by atoms with E-state index in [0.717, 1.165) is 27.4 Å². The number of aliphatic hydroxyl groups is 1. The summed E-state index contributed by atoms with van der Waals surface area (Å²) in [5.41, 5.74) is 5.89. The molecule has 32 heavy (non-hydrogen) atoms. The molecule has 0 saturated carbocycles. The summed E-state index contributed by atoms with van der Waals surface area (Å²) >= 11 is 0. The van der Waals surface area contributed by atoms with Crippen LogP contribution in [-0.2, 0) is 4.65 Å². The van der Waals surface area contributed by atoms with Crippen LogP contribution in [0.4, 0.5) is 0 Å². The number of furan rings is 1. The van der Waals surface area contributed by atoms with Crippen LogP contribution < -0.4 is 5.46 Å². The van der Waals surface area contributed by atoms with Crippen LogP contribution in [0.25, 0.3) is 55.0 Å². The molecule has 1 aliphatic rings. The summed E-state index contributed by atoms with van der Waals surface area (Å²) < 4.78 is 12.4. The molecule has 157 valence electrons. The fourth-order valence-electron chi connectivity index (χ4n) is 4.55. The van der Waals surface area contributed by atoms with Crippen molar-refractivity contribution in [3.05, 3.63) is 66.7 Å². The minimum absolute atomic E-state index is 0.713. The molecule has 0 atom stereocenters. The number of hydrogen-bond acceptors (Lipinski definition) is 3. The molecule has 0 bridgehead atoms. The van der Waals surface area contributed by atoms with Crippen LogP contribution in [0.15, 0.2) is 71.1 Å². The third kappa shape index (κ3) is 2.70. The highest BCUT2D eigenvalue weighted by atomic mass is 16.5. The zero-order chi connectivity index (χ0) is 22.3. The molecule has 4 heteroatoms. The smallest absolute Gasteiger partial charge is 0.330 e. The second-order valence-corrected chi connectivity index (χ2v) is 9.74. The van der Waals surface area contributed by atoms with Gasteiger partial charge < -0.3 is 14.2 Å². The van der Waals surface area contributed by atoms with E-state index in [2.05, 4.69) is 54.6 Å². The van der Waals surface area contributed by atoms with Gasteiger partial charge in [0.15, 0.2) is 0 Å². The van der Waals surface area contributed by atoms with E-state index in [1.165, 1.54) is 33.0 Å². The monoisotopic (exact) mass is 419 g/mol. The topological polar surface area (TPSA) is 42.6 Å². The maximum atomic E-state index is 10.4. The highest BCUT2D eigenvalue weighted by Crippen LogP contribution is 2.51. The first-order valence-electron chi connectivity index (χ1n) is 11.0. The van der Waals surface area contributed by atoms with Crippen molar-refractivity contribution in [2.75, 3.05) is 0 Å². The Bertz CT molecular complexity index is 1540. The van der Waals surface area contributed by atoms with E-state index in [0.29, 0.717) is 0 Å². The third-order valence-corrected chi connectivity index (χ3v) is 7.07. The molecular weight excluding hydrogens is 395 g/mol. The minimum atomic E-state index is -0.963.